The number of nitrogens with zero attached hydrogens (tertiary/aromatic N) is 1. The summed E-state index contributed by atoms with van der Waals surface area (Å²) in [6.45, 7) is 9.02. The molecule has 0 unspecified atom stereocenters. The summed E-state index contributed by atoms with van der Waals surface area (Å²) in [7, 11) is -4.05. The fraction of sp³-hybridized carbons (Fsp3) is 0.286. The molecule has 7 nitrogen and oxygen atoms in total. The number of carbonyl (C=O) groups is 2. The Hall–Kier alpha value is -3.65. The number of hydrogen-bond donors (Lipinski definition) is 2. The van der Waals surface area contributed by atoms with Gasteiger partial charge in [0.1, 0.15) is 6.54 Å². The number of anilines is 2. The van der Waals surface area contributed by atoms with Crippen LogP contribution in [0.3, 0.4) is 0 Å². The van der Waals surface area contributed by atoms with Crippen molar-refractivity contribution in [1.82, 2.24) is 5.32 Å². The first-order valence-corrected chi connectivity index (χ1v) is 13.3. The third kappa shape index (κ3) is 6.31. The van der Waals surface area contributed by atoms with E-state index in [1.165, 1.54) is 12.1 Å². The lowest BCUT2D eigenvalue weighted by molar-refractivity contribution is -0.114. The van der Waals surface area contributed by atoms with Gasteiger partial charge < -0.3 is 10.6 Å². The number of amides is 2. The van der Waals surface area contributed by atoms with Gasteiger partial charge in [0.05, 0.1) is 21.8 Å². The monoisotopic (exact) mass is 507 g/mol. The van der Waals surface area contributed by atoms with Gasteiger partial charge in [0, 0.05) is 6.04 Å². The minimum absolute atomic E-state index is 0.0269. The number of nitrogens with one attached hydrogen (secondary N) is 2. The van der Waals surface area contributed by atoms with Crippen LogP contribution in [-0.4, -0.2) is 32.8 Å². The first kappa shape index (κ1) is 26.9. The molecule has 0 fully saturated rings. The highest BCUT2D eigenvalue weighted by Crippen LogP contribution is 2.28. The number of benzene rings is 3. The van der Waals surface area contributed by atoms with Crippen molar-refractivity contribution in [2.75, 3.05) is 16.2 Å². The molecule has 0 aliphatic heterocycles. The zero-order valence-electron chi connectivity index (χ0n) is 21.3. The fourth-order valence-corrected chi connectivity index (χ4v) is 5.22. The molecule has 0 radical (unpaired) electrons. The molecule has 0 bridgehead atoms. The Morgan fingerprint density at radius 2 is 1.56 bits per heavy atom. The zero-order chi connectivity index (χ0) is 26.5. The Bertz CT molecular complexity index is 1350. The molecule has 0 aliphatic carbocycles. The van der Waals surface area contributed by atoms with E-state index in [1.54, 1.807) is 42.5 Å². The molecule has 0 aromatic heterocycles. The van der Waals surface area contributed by atoms with Crippen LogP contribution in [0.1, 0.15) is 47.3 Å². The third-order valence-electron chi connectivity index (χ3n) is 5.95. The van der Waals surface area contributed by atoms with Crippen molar-refractivity contribution in [1.29, 1.82) is 0 Å². The fourth-order valence-electron chi connectivity index (χ4n) is 3.74. The van der Waals surface area contributed by atoms with E-state index in [4.69, 9.17) is 0 Å². The van der Waals surface area contributed by atoms with Gasteiger partial charge in [-0.25, -0.2) is 8.42 Å². The van der Waals surface area contributed by atoms with E-state index >= 15 is 0 Å². The lowest BCUT2D eigenvalue weighted by atomic mass is 10.1. The molecule has 1 atom stereocenters. The SMILES string of the molecule is CC[C@H](C)NC(=O)c1ccccc1NC(=O)CN(c1ccc(C)cc1C)S(=O)(=O)c1ccc(C)cc1. The molecule has 3 rings (SSSR count). The third-order valence-corrected chi connectivity index (χ3v) is 7.73. The van der Waals surface area contributed by atoms with Crippen LogP contribution in [0.2, 0.25) is 0 Å². The predicted octanol–water partition coefficient (Wildman–Crippen LogP) is 4.97. The first-order valence-electron chi connectivity index (χ1n) is 11.9. The van der Waals surface area contributed by atoms with Gasteiger partial charge in [-0.15, -0.1) is 0 Å². The van der Waals surface area contributed by atoms with E-state index in [0.29, 0.717) is 16.9 Å². The van der Waals surface area contributed by atoms with Crippen molar-refractivity contribution in [3.8, 4) is 0 Å². The second-order valence-electron chi connectivity index (χ2n) is 8.99. The van der Waals surface area contributed by atoms with Gasteiger partial charge in [0.2, 0.25) is 5.91 Å². The molecule has 3 aromatic carbocycles. The molecule has 0 heterocycles. The summed E-state index contributed by atoms with van der Waals surface area (Å²) >= 11 is 0. The lowest BCUT2D eigenvalue weighted by Gasteiger charge is -2.26. The molecule has 0 aliphatic rings. The van der Waals surface area contributed by atoms with Gasteiger partial charge >= 0.3 is 0 Å². The smallest absolute Gasteiger partial charge is 0.264 e. The highest BCUT2D eigenvalue weighted by molar-refractivity contribution is 7.92. The Kier molecular flexibility index (Phi) is 8.53. The average molecular weight is 508 g/mol. The number of para-hydroxylation sites is 1. The minimum Gasteiger partial charge on any atom is -0.350 e. The number of hydrogen-bond acceptors (Lipinski definition) is 4. The molecule has 36 heavy (non-hydrogen) atoms. The highest BCUT2D eigenvalue weighted by atomic mass is 32.2. The standard InChI is InChI=1S/C28H33N3O4S/c1-6-22(5)29-28(33)24-9-7-8-10-25(24)30-27(32)18-31(26-16-13-20(3)17-21(26)4)36(34,35)23-14-11-19(2)12-15-23/h7-17,22H,6,18H2,1-5H3,(H,29,33)(H,30,32)/t22-/m0/s1. The largest absolute Gasteiger partial charge is 0.350 e. The van der Waals surface area contributed by atoms with Crippen molar-refractivity contribution in [3.63, 3.8) is 0 Å². The Morgan fingerprint density at radius 3 is 2.19 bits per heavy atom. The van der Waals surface area contributed by atoms with E-state index in [2.05, 4.69) is 10.6 Å². The molecule has 0 saturated heterocycles. The van der Waals surface area contributed by atoms with Crippen LogP contribution in [0.4, 0.5) is 11.4 Å². The van der Waals surface area contributed by atoms with E-state index in [9.17, 15) is 18.0 Å². The van der Waals surface area contributed by atoms with Crippen LogP contribution in [0.25, 0.3) is 0 Å². The van der Waals surface area contributed by atoms with Crippen LogP contribution in [0, 0.1) is 20.8 Å². The van der Waals surface area contributed by atoms with Crippen molar-refractivity contribution in [2.45, 2.75) is 52.0 Å². The maximum atomic E-state index is 13.7. The molecule has 8 heteroatoms. The van der Waals surface area contributed by atoms with Crippen LogP contribution in [0.5, 0.6) is 0 Å². The Morgan fingerprint density at radius 1 is 0.917 bits per heavy atom. The maximum Gasteiger partial charge on any atom is 0.264 e. The Balaban J connectivity index is 1.95. The quantitative estimate of drug-likeness (QED) is 0.427. The van der Waals surface area contributed by atoms with E-state index in [1.807, 2.05) is 46.8 Å². The highest BCUT2D eigenvalue weighted by Gasteiger charge is 2.28. The molecule has 0 spiro atoms. The number of rotatable bonds is 9. The maximum absolute atomic E-state index is 13.7. The lowest BCUT2D eigenvalue weighted by Crippen LogP contribution is -2.39. The van der Waals surface area contributed by atoms with E-state index in [0.717, 1.165) is 27.4 Å². The van der Waals surface area contributed by atoms with Crippen LogP contribution in [0.15, 0.2) is 71.6 Å². The summed E-state index contributed by atoms with van der Waals surface area (Å²) in [6, 6.07) is 18.5. The molecule has 190 valence electrons. The van der Waals surface area contributed by atoms with Crippen LogP contribution < -0.4 is 14.9 Å². The van der Waals surface area contributed by atoms with Gasteiger partial charge in [0.25, 0.3) is 15.9 Å². The summed E-state index contributed by atoms with van der Waals surface area (Å²) in [5.41, 5.74) is 3.68. The number of aryl methyl sites for hydroxylation is 3. The average Bonchev–Trinajstić information content (AvgIpc) is 2.83. The minimum atomic E-state index is -4.05. The molecule has 0 saturated carbocycles. The van der Waals surface area contributed by atoms with Gasteiger partial charge in [-0.3, -0.25) is 13.9 Å². The van der Waals surface area contributed by atoms with Crippen molar-refractivity contribution in [3.05, 3.63) is 89.0 Å². The van der Waals surface area contributed by atoms with Gasteiger partial charge in [0.15, 0.2) is 0 Å². The summed E-state index contributed by atoms with van der Waals surface area (Å²) < 4.78 is 28.5. The van der Waals surface area contributed by atoms with Crippen molar-refractivity contribution >= 4 is 33.2 Å². The topological polar surface area (TPSA) is 95.6 Å². The second kappa shape index (κ2) is 11.4. The van der Waals surface area contributed by atoms with Crippen LogP contribution >= 0.6 is 0 Å². The summed E-state index contributed by atoms with van der Waals surface area (Å²) in [5, 5.41) is 5.63. The predicted molar refractivity (Wildman–Crippen MR) is 144 cm³/mol. The van der Waals surface area contributed by atoms with Gasteiger partial charge in [-0.2, -0.15) is 0 Å². The van der Waals surface area contributed by atoms with Crippen molar-refractivity contribution in [2.24, 2.45) is 0 Å². The second-order valence-corrected chi connectivity index (χ2v) is 10.9. The first-order chi connectivity index (χ1) is 17.0. The zero-order valence-corrected chi connectivity index (χ0v) is 22.1. The molecule has 2 amide bonds. The molecule has 2 N–H and O–H groups in total. The molecular formula is C28H33N3O4S. The van der Waals surface area contributed by atoms with E-state index in [-0.39, 0.29) is 16.8 Å². The normalized spacial score (nSPS) is 12.0. The van der Waals surface area contributed by atoms with Gasteiger partial charge in [-0.1, -0.05) is 54.4 Å². The van der Waals surface area contributed by atoms with Gasteiger partial charge in [-0.05, 0) is 70.0 Å². The van der Waals surface area contributed by atoms with Crippen LogP contribution in [-0.2, 0) is 14.8 Å². The number of sulfonamides is 1. The summed E-state index contributed by atoms with van der Waals surface area (Å²) in [6.07, 6.45) is 0.766. The summed E-state index contributed by atoms with van der Waals surface area (Å²) in [4.78, 5) is 26.0. The Labute approximate surface area is 213 Å². The molecular weight excluding hydrogens is 474 g/mol. The van der Waals surface area contributed by atoms with E-state index < -0.39 is 22.5 Å². The molecule has 3 aromatic rings. The number of carbonyl (C=O) groups excluding carboxylic acids is 2. The van der Waals surface area contributed by atoms with Crippen molar-refractivity contribution < 1.29 is 18.0 Å². The summed E-state index contributed by atoms with van der Waals surface area (Å²) in [5.74, 6) is -0.867.